The van der Waals surface area contributed by atoms with Crippen LogP contribution in [0, 0.1) is 16.0 Å². The fraction of sp³-hybridized carbons (Fsp3) is 0.583. The molecule has 0 bridgehead atoms. The number of rotatable bonds is 4. The summed E-state index contributed by atoms with van der Waals surface area (Å²) < 4.78 is 37.7. The van der Waals surface area contributed by atoms with Gasteiger partial charge in [0.25, 0.3) is 0 Å². The van der Waals surface area contributed by atoms with Crippen molar-refractivity contribution in [3.8, 4) is 0 Å². The molecule has 0 amide bonds. The maximum Gasteiger partial charge on any atom is 0.433 e. The lowest BCUT2D eigenvalue weighted by atomic mass is 10.1. The van der Waals surface area contributed by atoms with Crippen LogP contribution in [0.1, 0.15) is 31.4 Å². The SMILES string of the molecule is O=[N+]([O-])c1cnc(C(F)(F)F)cc1NCC1CCCC1. The van der Waals surface area contributed by atoms with E-state index in [1.54, 1.807) is 0 Å². The van der Waals surface area contributed by atoms with Crippen LogP contribution in [0.5, 0.6) is 0 Å². The maximum atomic E-state index is 12.6. The molecule has 0 aromatic carbocycles. The summed E-state index contributed by atoms with van der Waals surface area (Å²) in [4.78, 5) is 13.2. The van der Waals surface area contributed by atoms with Crippen molar-refractivity contribution in [2.45, 2.75) is 31.9 Å². The Morgan fingerprint density at radius 1 is 1.40 bits per heavy atom. The van der Waals surface area contributed by atoms with E-state index in [0.29, 0.717) is 24.7 Å². The van der Waals surface area contributed by atoms with Gasteiger partial charge in [0.15, 0.2) is 0 Å². The van der Waals surface area contributed by atoms with Crippen molar-refractivity contribution in [3.05, 3.63) is 28.1 Å². The summed E-state index contributed by atoms with van der Waals surface area (Å²) in [5, 5.41) is 13.6. The van der Waals surface area contributed by atoms with Crippen LogP contribution in [0.25, 0.3) is 0 Å². The second-order valence-corrected chi connectivity index (χ2v) is 4.87. The summed E-state index contributed by atoms with van der Waals surface area (Å²) >= 11 is 0. The molecule has 1 heterocycles. The van der Waals surface area contributed by atoms with E-state index in [-0.39, 0.29) is 5.69 Å². The molecule has 20 heavy (non-hydrogen) atoms. The number of alkyl halides is 3. The number of nitrogens with one attached hydrogen (secondary N) is 1. The first-order chi connectivity index (χ1) is 9.38. The average molecular weight is 289 g/mol. The Bertz CT molecular complexity index is 499. The number of hydrogen-bond acceptors (Lipinski definition) is 4. The third kappa shape index (κ3) is 3.37. The fourth-order valence-corrected chi connectivity index (χ4v) is 2.36. The third-order valence-electron chi connectivity index (χ3n) is 3.43. The number of nitrogens with zero attached hydrogens (tertiary/aromatic N) is 2. The van der Waals surface area contributed by atoms with E-state index in [2.05, 4.69) is 10.3 Å². The minimum atomic E-state index is -4.61. The first-order valence-corrected chi connectivity index (χ1v) is 6.33. The van der Waals surface area contributed by atoms with Gasteiger partial charge in [-0.25, -0.2) is 4.98 Å². The number of halogens is 3. The van der Waals surface area contributed by atoms with Crippen LogP contribution in [0.15, 0.2) is 12.3 Å². The smallest absolute Gasteiger partial charge is 0.379 e. The van der Waals surface area contributed by atoms with E-state index < -0.39 is 22.5 Å². The Balaban J connectivity index is 2.20. The summed E-state index contributed by atoms with van der Waals surface area (Å²) in [6.45, 7) is 0.447. The number of anilines is 1. The van der Waals surface area contributed by atoms with Gasteiger partial charge in [0.2, 0.25) is 0 Å². The maximum absolute atomic E-state index is 12.6. The Morgan fingerprint density at radius 2 is 2.05 bits per heavy atom. The highest BCUT2D eigenvalue weighted by molar-refractivity contribution is 5.61. The van der Waals surface area contributed by atoms with Crippen molar-refractivity contribution in [1.82, 2.24) is 4.98 Å². The molecule has 1 N–H and O–H groups in total. The van der Waals surface area contributed by atoms with Crippen molar-refractivity contribution in [3.63, 3.8) is 0 Å². The van der Waals surface area contributed by atoms with E-state index in [9.17, 15) is 23.3 Å². The van der Waals surface area contributed by atoms with Crippen LogP contribution >= 0.6 is 0 Å². The highest BCUT2D eigenvalue weighted by Gasteiger charge is 2.34. The number of aromatic nitrogens is 1. The lowest BCUT2D eigenvalue weighted by Gasteiger charge is -2.13. The second kappa shape index (κ2) is 5.64. The van der Waals surface area contributed by atoms with E-state index in [1.165, 1.54) is 0 Å². The van der Waals surface area contributed by atoms with Crippen LogP contribution in [-0.2, 0) is 6.18 Å². The number of hydrogen-bond donors (Lipinski definition) is 1. The zero-order valence-electron chi connectivity index (χ0n) is 10.6. The largest absolute Gasteiger partial charge is 0.433 e. The average Bonchev–Trinajstić information content (AvgIpc) is 2.87. The molecule has 0 aliphatic heterocycles. The van der Waals surface area contributed by atoms with Crippen LogP contribution in [0.4, 0.5) is 24.5 Å². The van der Waals surface area contributed by atoms with Gasteiger partial charge in [-0.1, -0.05) is 12.8 Å². The topological polar surface area (TPSA) is 68.1 Å². The van der Waals surface area contributed by atoms with Crippen molar-refractivity contribution < 1.29 is 18.1 Å². The number of pyridine rings is 1. The van der Waals surface area contributed by atoms with Crippen molar-refractivity contribution in [2.24, 2.45) is 5.92 Å². The molecule has 0 saturated heterocycles. The summed E-state index contributed by atoms with van der Waals surface area (Å²) in [7, 11) is 0. The van der Waals surface area contributed by atoms with Crippen molar-refractivity contribution in [1.29, 1.82) is 0 Å². The molecule has 5 nitrogen and oxygen atoms in total. The summed E-state index contributed by atoms with van der Waals surface area (Å²) in [5.41, 5.74) is -1.68. The molecule has 1 aliphatic carbocycles. The lowest BCUT2D eigenvalue weighted by Crippen LogP contribution is -2.14. The molecular weight excluding hydrogens is 275 g/mol. The molecule has 0 atom stereocenters. The van der Waals surface area contributed by atoms with Gasteiger partial charge in [-0.05, 0) is 24.8 Å². The van der Waals surface area contributed by atoms with E-state index in [4.69, 9.17) is 0 Å². The van der Waals surface area contributed by atoms with Crippen molar-refractivity contribution in [2.75, 3.05) is 11.9 Å². The molecule has 1 aliphatic rings. The van der Waals surface area contributed by atoms with E-state index >= 15 is 0 Å². The molecule has 1 aromatic heterocycles. The van der Waals surface area contributed by atoms with Gasteiger partial charge < -0.3 is 5.32 Å². The molecule has 8 heteroatoms. The van der Waals surface area contributed by atoms with Crippen molar-refractivity contribution >= 4 is 11.4 Å². The van der Waals surface area contributed by atoms with Crippen LogP contribution in [0.3, 0.4) is 0 Å². The Hall–Kier alpha value is -1.86. The lowest BCUT2D eigenvalue weighted by molar-refractivity contribution is -0.384. The zero-order valence-corrected chi connectivity index (χ0v) is 10.6. The number of nitro groups is 1. The van der Waals surface area contributed by atoms with Gasteiger partial charge in [0, 0.05) is 6.54 Å². The molecule has 2 rings (SSSR count). The summed E-state index contributed by atoms with van der Waals surface area (Å²) in [6.07, 6.45) is 0.228. The Kier molecular flexibility index (Phi) is 4.10. The fourth-order valence-electron chi connectivity index (χ4n) is 2.36. The predicted octanol–water partition coefficient (Wildman–Crippen LogP) is 3.61. The van der Waals surface area contributed by atoms with Gasteiger partial charge in [-0.15, -0.1) is 0 Å². The first kappa shape index (κ1) is 14.5. The quantitative estimate of drug-likeness (QED) is 0.679. The molecule has 1 fully saturated rings. The van der Waals surface area contributed by atoms with Crippen LogP contribution in [0.2, 0.25) is 0 Å². The normalized spacial score (nSPS) is 16.4. The minimum absolute atomic E-state index is 0.121. The van der Waals surface area contributed by atoms with Gasteiger partial charge in [0.05, 0.1) is 4.92 Å². The monoisotopic (exact) mass is 289 g/mol. The van der Waals surface area contributed by atoms with Gasteiger partial charge in [-0.2, -0.15) is 13.2 Å². The van der Waals surface area contributed by atoms with Crippen LogP contribution < -0.4 is 5.32 Å². The zero-order chi connectivity index (χ0) is 14.8. The van der Waals surface area contributed by atoms with E-state index in [1.807, 2.05) is 0 Å². The van der Waals surface area contributed by atoms with Gasteiger partial charge in [0.1, 0.15) is 17.6 Å². The minimum Gasteiger partial charge on any atom is -0.379 e. The van der Waals surface area contributed by atoms with Gasteiger partial charge >= 0.3 is 11.9 Å². The highest BCUT2D eigenvalue weighted by Crippen LogP contribution is 2.33. The standard InChI is InChI=1S/C12H14F3N3O2/c13-12(14,15)11-5-9(10(7-17-11)18(19)20)16-6-8-3-1-2-4-8/h5,7-8H,1-4,6H2,(H,16,17). The molecule has 110 valence electrons. The summed E-state index contributed by atoms with van der Waals surface area (Å²) in [5.74, 6) is 0.358. The third-order valence-corrected chi connectivity index (χ3v) is 3.43. The molecule has 1 aromatic rings. The second-order valence-electron chi connectivity index (χ2n) is 4.87. The molecular formula is C12H14F3N3O2. The molecule has 0 unspecified atom stereocenters. The van der Waals surface area contributed by atoms with Gasteiger partial charge in [-0.3, -0.25) is 10.1 Å². The summed E-state index contributed by atoms with van der Waals surface area (Å²) in [6, 6.07) is 0.701. The predicted molar refractivity (Wildman–Crippen MR) is 66.3 cm³/mol. The molecule has 0 radical (unpaired) electrons. The molecule has 0 spiro atoms. The highest BCUT2D eigenvalue weighted by atomic mass is 19.4. The van der Waals surface area contributed by atoms with Crippen LogP contribution in [-0.4, -0.2) is 16.5 Å². The molecule has 1 saturated carbocycles. The Morgan fingerprint density at radius 3 is 2.60 bits per heavy atom. The van der Waals surface area contributed by atoms with E-state index in [0.717, 1.165) is 25.7 Å². The Labute approximate surface area is 113 Å². The first-order valence-electron chi connectivity index (χ1n) is 6.33.